The molecule has 1 nitrogen and oxygen atoms in total. The maximum absolute atomic E-state index is 2.66. The lowest BCUT2D eigenvalue weighted by Crippen LogP contribution is -2.43. The van der Waals surface area contributed by atoms with Crippen LogP contribution in [0.3, 0.4) is 0 Å². The van der Waals surface area contributed by atoms with Crippen molar-refractivity contribution in [3.8, 4) is 0 Å². The predicted molar refractivity (Wildman–Crippen MR) is 49.8 cm³/mol. The standard InChI is InChI=1S/C10H21N/c1-4-10-7-5-6-8-11(10)9(2)3/h9-10H,4-8H2,1-3H3. The molecule has 0 radical (unpaired) electrons. The van der Waals surface area contributed by atoms with Crippen molar-refractivity contribution in [2.45, 2.75) is 58.5 Å². The first kappa shape index (κ1) is 9.05. The Balaban J connectivity index is 2.44. The maximum Gasteiger partial charge on any atom is 0.00953 e. The molecule has 1 atom stereocenters. The second-order valence-electron chi connectivity index (χ2n) is 3.89. The summed E-state index contributed by atoms with van der Waals surface area (Å²) in [6, 6.07) is 1.63. The Labute approximate surface area is 70.8 Å². The van der Waals surface area contributed by atoms with Crippen LogP contribution < -0.4 is 0 Å². The monoisotopic (exact) mass is 155 g/mol. The second-order valence-corrected chi connectivity index (χ2v) is 3.89. The van der Waals surface area contributed by atoms with Crippen LogP contribution in [0.5, 0.6) is 0 Å². The third kappa shape index (κ3) is 2.19. The van der Waals surface area contributed by atoms with Crippen molar-refractivity contribution >= 4 is 0 Å². The van der Waals surface area contributed by atoms with Crippen molar-refractivity contribution in [2.24, 2.45) is 0 Å². The van der Waals surface area contributed by atoms with Crippen LogP contribution in [0, 0.1) is 0 Å². The van der Waals surface area contributed by atoms with E-state index in [1.807, 2.05) is 0 Å². The number of piperidine rings is 1. The van der Waals surface area contributed by atoms with Gasteiger partial charge in [-0.2, -0.15) is 0 Å². The fourth-order valence-electron chi connectivity index (χ4n) is 2.14. The normalized spacial score (nSPS) is 27.8. The van der Waals surface area contributed by atoms with Gasteiger partial charge in [0.1, 0.15) is 0 Å². The van der Waals surface area contributed by atoms with E-state index < -0.39 is 0 Å². The van der Waals surface area contributed by atoms with Gasteiger partial charge in [0, 0.05) is 12.1 Å². The highest BCUT2D eigenvalue weighted by atomic mass is 15.2. The van der Waals surface area contributed by atoms with Crippen molar-refractivity contribution < 1.29 is 0 Å². The SMILES string of the molecule is CCC1CCCCN1C(C)C. The molecule has 1 fully saturated rings. The van der Waals surface area contributed by atoms with E-state index in [4.69, 9.17) is 0 Å². The molecule has 1 saturated heterocycles. The summed E-state index contributed by atoms with van der Waals surface area (Å²) >= 11 is 0. The van der Waals surface area contributed by atoms with Crippen molar-refractivity contribution in [1.29, 1.82) is 0 Å². The van der Waals surface area contributed by atoms with Crippen LogP contribution in [0.25, 0.3) is 0 Å². The summed E-state index contributed by atoms with van der Waals surface area (Å²) < 4.78 is 0. The Morgan fingerprint density at radius 1 is 1.36 bits per heavy atom. The minimum Gasteiger partial charge on any atom is -0.298 e. The Kier molecular flexibility index (Phi) is 3.38. The van der Waals surface area contributed by atoms with Crippen molar-refractivity contribution in [3.05, 3.63) is 0 Å². The van der Waals surface area contributed by atoms with E-state index in [0.29, 0.717) is 0 Å². The van der Waals surface area contributed by atoms with Crippen molar-refractivity contribution in [2.75, 3.05) is 6.54 Å². The average Bonchev–Trinajstić information content (AvgIpc) is 2.04. The Bertz CT molecular complexity index is 109. The van der Waals surface area contributed by atoms with Crippen LogP contribution in [0.4, 0.5) is 0 Å². The van der Waals surface area contributed by atoms with Crippen molar-refractivity contribution in [3.63, 3.8) is 0 Å². The van der Waals surface area contributed by atoms with Crippen LogP contribution in [0.2, 0.25) is 0 Å². The first-order valence-corrected chi connectivity index (χ1v) is 5.01. The summed E-state index contributed by atoms with van der Waals surface area (Å²) in [5.41, 5.74) is 0. The van der Waals surface area contributed by atoms with Crippen LogP contribution in [-0.2, 0) is 0 Å². The molecule has 1 aliphatic heterocycles. The molecule has 0 aliphatic carbocycles. The first-order chi connectivity index (χ1) is 5.25. The van der Waals surface area contributed by atoms with E-state index in [-0.39, 0.29) is 0 Å². The van der Waals surface area contributed by atoms with E-state index >= 15 is 0 Å². The van der Waals surface area contributed by atoms with Gasteiger partial charge in [0.25, 0.3) is 0 Å². The molecule has 0 aromatic carbocycles. The maximum atomic E-state index is 2.66. The second kappa shape index (κ2) is 4.10. The fourth-order valence-corrected chi connectivity index (χ4v) is 2.14. The summed E-state index contributed by atoms with van der Waals surface area (Å²) in [6.45, 7) is 8.27. The van der Waals surface area contributed by atoms with Gasteiger partial charge in [0.2, 0.25) is 0 Å². The van der Waals surface area contributed by atoms with E-state index in [1.54, 1.807) is 0 Å². The van der Waals surface area contributed by atoms with Gasteiger partial charge >= 0.3 is 0 Å². The number of hydrogen-bond acceptors (Lipinski definition) is 1. The summed E-state index contributed by atoms with van der Waals surface area (Å²) in [4.78, 5) is 2.66. The molecule has 66 valence electrons. The van der Waals surface area contributed by atoms with Gasteiger partial charge in [0.15, 0.2) is 0 Å². The molecule has 0 aromatic rings. The van der Waals surface area contributed by atoms with Gasteiger partial charge in [-0.3, -0.25) is 4.90 Å². The molecule has 0 saturated carbocycles. The largest absolute Gasteiger partial charge is 0.298 e. The Hall–Kier alpha value is -0.0400. The summed E-state index contributed by atoms with van der Waals surface area (Å²) in [5.74, 6) is 0. The van der Waals surface area contributed by atoms with E-state index in [9.17, 15) is 0 Å². The number of hydrogen-bond donors (Lipinski definition) is 0. The highest BCUT2D eigenvalue weighted by Crippen LogP contribution is 2.21. The molecule has 1 aliphatic rings. The summed E-state index contributed by atoms with van der Waals surface area (Å²) in [6.07, 6.45) is 5.61. The molecule has 0 aromatic heterocycles. The molecule has 0 spiro atoms. The lowest BCUT2D eigenvalue weighted by molar-refractivity contribution is 0.109. The highest BCUT2D eigenvalue weighted by Gasteiger charge is 2.22. The smallest absolute Gasteiger partial charge is 0.00953 e. The third-order valence-corrected chi connectivity index (χ3v) is 2.81. The lowest BCUT2D eigenvalue weighted by Gasteiger charge is -2.38. The molecule has 1 unspecified atom stereocenters. The van der Waals surface area contributed by atoms with Gasteiger partial charge in [-0.25, -0.2) is 0 Å². The number of nitrogens with zero attached hydrogens (tertiary/aromatic N) is 1. The number of rotatable bonds is 2. The van der Waals surface area contributed by atoms with Gasteiger partial charge in [-0.1, -0.05) is 13.3 Å². The van der Waals surface area contributed by atoms with Crippen molar-refractivity contribution in [1.82, 2.24) is 4.90 Å². The molecule has 1 heteroatoms. The van der Waals surface area contributed by atoms with Gasteiger partial charge < -0.3 is 0 Å². The summed E-state index contributed by atoms with van der Waals surface area (Å²) in [7, 11) is 0. The van der Waals surface area contributed by atoms with Crippen LogP contribution in [0.15, 0.2) is 0 Å². The Morgan fingerprint density at radius 3 is 2.55 bits per heavy atom. The van der Waals surface area contributed by atoms with Gasteiger partial charge in [-0.15, -0.1) is 0 Å². The van der Waals surface area contributed by atoms with Crippen LogP contribution in [-0.4, -0.2) is 23.5 Å². The third-order valence-electron chi connectivity index (χ3n) is 2.81. The molecule has 0 bridgehead atoms. The molecule has 1 heterocycles. The molecular formula is C10H21N. The highest BCUT2D eigenvalue weighted by molar-refractivity contribution is 4.77. The zero-order chi connectivity index (χ0) is 8.27. The molecular weight excluding hydrogens is 134 g/mol. The zero-order valence-corrected chi connectivity index (χ0v) is 8.14. The zero-order valence-electron chi connectivity index (χ0n) is 8.14. The van der Waals surface area contributed by atoms with Crippen LogP contribution in [0.1, 0.15) is 46.5 Å². The predicted octanol–water partition coefficient (Wildman–Crippen LogP) is 2.66. The van der Waals surface area contributed by atoms with Gasteiger partial charge in [0.05, 0.1) is 0 Å². The molecule has 0 amide bonds. The average molecular weight is 155 g/mol. The topological polar surface area (TPSA) is 3.24 Å². The molecule has 11 heavy (non-hydrogen) atoms. The van der Waals surface area contributed by atoms with E-state index in [2.05, 4.69) is 25.7 Å². The Morgan fingerprint density at radius 2 is 2.09 bits per heavy atom. The molecule has 1 rings (SSSR count). The first-order valence-electron chi connectivity index (χ1n) is 5.01. The quantitative estimate of drug-likeness (QED) is 0.592. The fraction of sp³-hybridized carbons (Fsp3) is 1.00. The minimum absolute atomic E-state index is 0.750. The summed E-state index contributed by atoms with van der Waals surface area (Å²) in [5, 5.41) is 0. The number of likely N-dealkylation sites (tertiary alicyclic amines) is 1. The van der Waals surface area contributed by atoms with E-state index in [1.165, 1.54) is 32.2 Å². The minimum atomic E-state index is 0.750. The van der Waals surface area contributed by atoms with Gasteiger partial charge in [-0.05, 0) is 39.7 Å². The van der Waals surface area contributed by atoms with Crippen LogP contribution >= 0.6 is 0 Å². The molecule has 0 N–H and O–H groups in total. The lowest BCUT2D eigenvalue weighted by atomic mass is 9.98. The van der Waals surface area contributed by atoms with E-state index in [0.717, 1.165) is 12.1 Å².